The van der Waals surface area contributed by atoms with Gasteiger partial charge >= 0.3 is 0 Å². The van der Waals surface area contributed by atoms with Crippen LogP contribution in [0.4, 0.5) is 17.3 Å². The zero-order valence-corrected chi connectivity index (χ0v) is 12.4. The van der Waals surface area contributed by atoms with Crippen LogP contribution in [0.15, 0.2) is 18.2 Å². The van der Waals surface area contributed by atoms with Gasteiger partial charge in [-0.05, 0) is 32.0 Å². The zero-order chi connectivity index (χ0) is 14.0. The summed E-state index contributed by atoms with van der Waals surface area (Å²) in [5, 5.41) is 7.30. The predicted molar refractivity (Wildman–Crippen MR) is 80.8 cm³/mol. The van der Waals surface area contributed by atoms with E-state index in [1.54, 1.807) is 12.1 Å². The molecular formula is C13H14Cl2N4. The normalized spacial score (nSPS) is 10.4. The van der Waals surface area contributed by atoms with Crippen LogP contribution >= 0.6 is 23.2 Å². The van der Waals surface area contributed by atoms with Crippen LogP contribution < -0.4 is 10.6 Å². The Morgan fingerprint density at radius 2 is 1.68 bits per heavy atom. The number of rotatable bonds is 3. The molecule has 2 N–H and O–H groups in total. The van der Waals surface area contributed by atoms with Crippen LogP contribution in [0.2, 0.25) is 10.0 Å². The average molecular weight is 297 g/mol. The molecule has 0 spiro atoms. The minimum absolute atomic E-state index is 0.504. The molecule has 1 heterocycles. The summed E-state index contributed by atoms with van der Waals surface area (Å²) in [5.41, 5.74) is 1.77. The molecule has 0 saturated heterocycles. The third kappa shape index (κ3) is 3.08. The summed E-state index contributed by atoms with van der Waals surface area (Å²) < 4.78 is 0. The number of nitrogens with one attached hydrogen (secondary N) is 2. The molecule has 0 fully saturated rings. The van der Waals surface area contributed by atoms with Crippen LogP contribution in [0.5, 0.6) is 0 Å². The topological polar surface area (TPSA) is 49.8 Å². The molecule has 0 aliphatic rings. The number of hydrogen-bond acceptors (Lipinski definition) is 4. The second kappa shape index (κ2) is 5.63. The molecule has 0 aliphatic heterocycles. The number of aryl methyl sites for hydroxylation is 1. The second-order valence-electron chi connectivity index (χ2n) is 4.10. The maximum atomic E-state index is 5.99. The minimum Gasteiger partial charge on any atom is -0.373 e. The number of halogens is 2. The molecule has 1 aromatic heterocycles. The van der Waals surface area contributed by atoms with E-state index in [0.717, 1.165) is 22.9 Å². The summed E-state index contributed by atoms with van der Waals surface area (Å²) in [7, 11) is 1.83. The largest absolute Gasteiger partial charge is 0.373 e. The summed E-state index contributed by atoms with van der Waals surface area (Å²) in [6.07, 6.45) is 0. The van der Waals surface area contributed by atoms with Gasteiger partial charge in [0.05, 0.1) is 10.0 Å². The Bertz CT molecular complexity index is 614. The lowest BCUT2D eigenvalue weighted by Gasteiger charge is -2.13. The molecule has 2 rings (SSSR count). The van der Waals surface area contributed by atoms with Crippen LogP contribution in [-0.4, -0.2) is 17.0 Å². The van der Waals surface area contributed by atoms with Gasteiger partial charge in [-0.2, -0.15) is 0 Å². The zero-order valence-electron chi connectivity index (χ0n) is 10.9. The van der Waals surface area contributed by atoms with Crippen molar-refractivity contribution in [2.75, 3.05) is 17.7 Å². The summed E-state index contributed by atoms with van der Waals surface area (Å²) in [4.78, 5) is 8.71. The third-order valence-corrected chi connectivity index (χ3v) is 3.42. The van der Waals surface area contributed by atoms with Crippen LogP contribution in [0.25, 0.3) is 0 Å². The summed E-state index contributed by atoms with van der Waals surface area (Å²) in [5.74, 6) is 2.24. The molecule has 0 amide bonds. The molecule has 4 nitrogen and oxygen atoms in total. The molecule has 6 heteroatoms. The van der Waals surface area contributed by atoms with E-state index < -0.39 is 0 Å². The van der Waals surface area contributed by atoms with Gasteiger partial charge in [-0.15, -0.1) is 0 Å². The van der Waals surface area contributed by atoms with Crippen molar-refractivity contribution in [2.24, 2.45) is 0 Å². The monoisotopic (exact) mass is 296 g/mol. The van der Waals surface area contributed by atoms with E-state index in [9.17, 15) is 0 Å². The molecule has 0 aliphatic carbocycles. The van der Waals surface area contributed by atoms with E-state index in [1.807, 2.05) is 27.0 Å². The Balaban J connectivity index is 2.37. The predicted octanol–water partition coefficient (Wildman–Crippen LogP) is 4.19. The van der Waals surface area contributed by atoms with Crippen molar-refractivity contribution < 1.29 is 0 Å². The Labute approximate surface area is 122 Å². The van der Waals surface area contributed by atoms with E-state index in [2.05, 4.69) is 20.6 Å². The minimum atomic E-state index is 0.504. The van der Waals surface area contributed by atoms with Crippen molar-refractivity contribution in [3.63, 3.8) is 0 Å². The van der Waals surface area contributed by atoms with Gasteiger partial charge in [-0.25, -0.2) is 9.97 Å². The van der Waals surface area contributed by atoms with Crippen molar-refractivity contribution >= 4 is 40.5 Å². The molecule has 100 valence electrons. The highest BCUT2D eigenvalue weighted by atomic mass is 35.5. The van der Waals surface area contributed by atoms with E-state index in [4.69, 9.17) is 23.2 Å². The van der Waals surface area contributed by atoms with Crippen molar-refractivity contribution in [1.29, 1.82) is 0 Å². The van der Waals surface area contributed by atoms with Crippen LogP contribution in [0.3, 0.4) is 0 Å². The first kappa shape index (κ1) is 13.9. The Hall–Kier alpha value is -1.52. The number of anilines is 3. The molecule has 0 saturated carbocycles. The second-order valence-corrected chi connectivity index (χ2v) is 4.91. The van der Waals surface area contributed by atoms with Gasteiger partial charge in [-0.1, -0.05) is 23.2 Å². The molecule has 1 aromatic carbocycles. The molecule has 0 unspecified atom stereocenters. The van der Waals surface area contributed by atoms with E-state index >= 15 is 0 Å². The van der Waals surface area contributed by atoms with Crippen LogP contribution in [-0.2, 0) is 0 Å². The molecule has 19 heavy (non-hydrogen) atoms. The van der Waals surface area contributed by atoms with E-state index in [0.29, 0.717) is 15.9 Å². The number of hydrogen-bond donors (Lipinski definition) is 2. The van der Waals surface area contributed by atoms with Crippen molar-refractivity contribution in [1.82, 2.24) is 9.97 Å². The summed E-state index contributed by atoms with van der Waals surface area (Å²) >= 11 is 11.9. The van der Waals surface area contributed by atoms with Crippen LogP contribution in [0.1, 0.15) is 11.4 Å². The van der Waals surface area contributed by atoms with Gasteiger partial charge in [-0.3, -0.25) is 0 Å². The first-order chi connectivity index (χ1) is 9.01. The van der Waals surface area contributed by atoms with Gasteiger partial charge < -0.3 is 10.6 Å². The Morgan fingerprint density at radius 3 is 2.32 bits per heavy atom. The van der Waals surface area contributed by atoms with Gasteiger partial charge in [0.25, 0.3) is 0 Å². The lowest BCUT2D eigenvalue weighted by Crippen LogP contribution is -2.05. The standard InChI is InChI=1S/C13H14Cl2N4/c1-7-12(16-3)17-8(2)18-13(7)19-9-4-5-10(14)11(15)6-9/h4-6H,1-3H3,(H2,16,17,18,19). The molecule has 0 radical (unpaired) electrons. The van der Waals surface area contributed by atoms with Gasteiger partial charge in [0.15, 0.2) is 0 Å². The lowest BCUT2D eigenvalue weighted by atomic mass is 10.2. The van der Waals surface area contributed by atoms with Crippen molar-refractivity contribution in [2.45, 2.75) is 13.8 Å². The van der Waals surface area contributed by atoms with E-state index in [-0.39, 0.29) is 0 Å². The average Bonchev–Trinajstić information content (AvgIpc) is 2.37. The number of aromatic nitrogens is 2. The van der Waals surface area contributed by atoms with Gasteiger partial charge in [0, 0.05) is 18.3 Å². The molecular weight excluding hydrogens is 283 g/mol. The maximum Gasteiger partial charge on any atom is 0.139 e. The van der Waals surface area contributed by atoms with Gasteiger partial charge in [0.1, 0.15) is 17.5 Å². The summed E-state index contributed by atoms with van der Waals surface area (Å²) in [6, 6.07) is 5.36. The number of nitrogens with zero attached hydrogens (tertiary/aromatic N) is 2. The molecule has 0 bridgehead atoms. The smallest absolute Gasteiger partial charge is 0.139 e. The first-order valence-electron chi connectivity index (χ1n) is 5.76. The Morgan fingerprint density at radius 1 is 1.00 bits per heavy atom. The quantitative estimate of drug-likeness (QED) is 0.892. The fourth-order valence-electron chi connectivity index (χ4n) is 1.70. The summed E-state index contributed by atoms with van der Waals surface area (Å²) in [6.45, 7) is 3.80. The third-order valence-electron chi connectivity index (χ3n) is 2.68. The fourth-order valence-corrected chi connectivity index (χ4v) is 2.00. The maximum absolute atomic E-state index is 5.99. The Kier molecular flexibility index (Phi) is 4.12. The SMILES string of the molecule is CNc1nc(C)nc(Nc2ccc(Cl)c(Cl)c2)c1C. The molecule has 0 atom stereocenters. The molecule has 2 aromatic rings. The van der Waals surface area contributed by atoms with Crippen molar-refractivity contribution in [3.05, 3.63) is 39.6 Å². The highest BCUT2D eigenvalue weighted by Gasteiger charge is 2.09. The van der Waals surface area contributed by atoms with E-state index in [1.165, 1.54) is 0 Å². The lowest BCUT2D eigenvalue weighted by molar-refractivity contribution is 1.04. The van der Waals surface area contributed by atoms with Crippen LogP contribution in [0, 0.1) is 13.8 Å². The first-order valence-corrected chi connectivity index (χ1v) is 6.52. The highest BCUT2D eigenvalue weighted by molar-refractivity contribution is 6.42. The fraction of sp³-hybridized carbons (Fsp3) is 0.231. The number of benzene rings is 1. The highest BCUT2D eigenvalue weighted by Crippen LogP contribution is 2.28. The van der Waals surface area contributed by atoms with Crippen molar-refractivity contribution in [3.8, 4) is 0 Å². The van der Waals surface area contributed by atoms with Gasteiger partial charge in [0.2, 0.25) is 0 Å².